The maximum Gasteiger partial charge on any atom is 0.260 e. The van der Waals surface area contributed by atoms with Gasteiger partial charge in [-0.15, -0.1) is 0 Å². The molecule has 0 spiro atoms. The van der Waals surface area contributed by atoms with Crippen LogP contribution in [0.2, 0.25) is 5.02 Å². The van der Waals surface area contributed by atoms with Crippen molar-refractivity contribution in [2.24, 2.45) is 0 Å². The van der Waals surface area contributed by atoms with Crippen molar-refractivity contribution in [2.75, 3.05) is 25.5 Å². The van der Waals surface area contributed by atoms with Crippen molar-refractivity contribution in [1.82, 2.24) is 4.90 Å². The minimum atomic E-state index is -0.286. The number of rotatable bonds is 7. The Labute approximate surface area is 158 Å². The number of nitrogens with one attached hydrogen (secondary N) is 1. The summed E-state index contributed by atoms with van der Waals surface area (Å²) >= 11 is 5.81. The van der Waals surface area contributed by atoms with Crippen molar-refractivity contribution in [3.8, 4) is 5.75 Å². The fraction of sp³-hybridized carbons (Fsp3) is 0.300. The minimum Gasteiger partial charge on any atom is -0.483 e. The smallest absolute Gasteiger partial charge is 0.260 e. The lowest BCUT2D eigenvalue weighted by atomic mass is 10.0. The number of likely N-dealkylation sites (N-methyl/N-ethyl adjacent to an activating group) is 1. The summed E-state index contributed by atoms with van der Waals surface area (Å²) in [5.74, 6) is 0.430. The zero-order valence-corrected chi connectivity index (χ0v) is 15.9. The average molecular weight is 375 g/mol. The van der Waals surface area contributed by atoms with E-state index in [-0.39, 0.29) is 25.0 Å². The van der Waals surface area contributed by atoms with Crippen LogP contribution in [0.15, 0.2) is 48.5 Å². The van der Waals surface area contributed by atoms with Crippen LogP contribution in [0.4, 0.5) is 5.69 Å². The topological polar surface area (TPSA) is 58.6 Å². The first-order chi connectivity index (χ1) is 12.4. The Morgan fingerprint density at radius 2 is 1.77 bits per heavy atom. The van der Waals surface area contributed by atoms with Crippen LogP contribution >= 0.6 is 11.6 Å². The summed E-state index contributed by atoms with van der Waals surface area (Å²) in [5, 5.41) is 3.31. The molecule has 1 N–H and O–H groups in total. The Hall–Kier alpha value is -2.53. The number of hydrogen-bond donors (Lipinski definition) is 1. The first-order valence-electron chi connectivity index (χ1n) is 8.38. The molecular weight excluding hydrogens is 352 g/mol. The molecule has 26 heavy (non-hydrogen) atoms. The van der Waals surface area contributed by atoms with Gasteiger partial charge >= 0.3 is 0 Å². The number of amides is 2. The van der Waals surface area contributed by atoms with Crippen molar-refractivity contribution >= 4 is 29.1 Å². The molecule has 6 heteroatoms. The van der Waals surface area contributed by atoms with Crippen LogP contribution in [-0.2, 0) is 9.59 Å². The lowest BCUT2D eigenvalue weighted by Gasteiger charge is -2.18. The number of nitrogens with zero attached hydrogens (tertiary/aromatic N) is 1. The largest absolute Gasteiger partial charge is 0.483 e. The van der Waals surface area contributed by atoms with Crippen LogP contribution in [-0.4, -0.2) is 36.9 Å². The summed E-state index contributed by atoms with van der Waals surface area (Å²) in [6.45, 7) is 3.96. The molecule has 0 unspecified atom stereocenters. The van der Waals surface area contributed by atoms with Crippen LogP contribution in [0.1, 0.15) is 25.3 Å². The van der Waals surface area contributed by atoms with Crippen LogP contribution < -0.4 is 10.1 Å². The number of hydrogen-bond acceptors (Lipinski definition) is 3. The molecule has 0 aromatic heterocycles. The van der Waals surface area contributed by atoms with Gasteiger partial charge in [-0.3, -0.25) is 9.59 Å². The summed E-state index contributed by atoms with van der Waals surface area (Å²) in [6.07, 6.45) is 0. The second-order valence-electron chi connectivity index (χ2n) is 6.29. The predicted molar refractivity (Wildman–Crippen MR) is 104 cm³/mol. The fourth-order valence-corrected chi connectivity index (χ4v) is 2.50. The molecule has 2 aromatic rings. The highest BCUT2D eigenvalue weighted by molar-refractivity contribution is 6.30. The van der Waals surface area contributed by atoms with Crippen LogP contribution in [0.25, 0.3) is 0 Å². The summed E-state index contributed by atoms with van der Waals surface area (Å²) in [7, 11) is 1.57. The van der Waals surface area contributed by atoms with Crippen molar-refractivity contribution < 1.29 is 14.3 Å². The van der Waals surface area contributed by atoms with E-state index in [1.54, 1.807) is 31.3 Å². The maximum absolute atomic E-state index is 12.2. The highest BCUT2D eigenvalue weighted by atomic mass is 35.5. The van der Waals surface area contributed by atoms with Gasteiger partial charge in [0.05, 0.1) is 6.54 Å². The minimum absolute atomic E-state index is 0.0589. The zero-order chi connectivity index (χ0) is 19.1. The Kier molecular flexibility index (Phi) is 7.04. The first kappa shape index (κ1) is 19.8. The first-order valence-corrected chi connectivity index (χ1v) is 8.75. The van der Waals surface area contributed by atoms with E-state index in [4.69, 9.17) is 16.3 Å². The summed E-state index contributed by atoms with van der Waals surface area (Å²) < 4.78 is 5.66. The van der Waals surface area contributed by atoms with Crippen molar-refractivity contribution in [2.45, 2.75) is 19.8 Å². The Bertz CT molecular complexity index is 760. The molecular formula is C20H23ClN2O3. The van der Waals surface area contributed by atoms with Gasteiger partial charge in [-0.1, -0.05) is 43.6 Å². The van der Waals surface area contributed by atoms with Gasteiger partial charge in [0, 0.05) is 17.8 Å². The van der Waals surface area contributed by atoms with Gasteiger partial charge in [0.25, 0.3) is 5.91 Å². The Balaban J connectivity index is 1.85. The number of para-hydroxylation sites is 1. The molecule has 2 amide bonds. The molecule has 0 aliphatic rings. The highest BCUT2D eigenvalue weighted by Crippen LogP contribution is 2.25. The second-order valence-corrected chi connectivity index (χ2v) is 6.72. The van der Waals surface area contributed by atoms with Gasteiger partial charge < -0.3 is 15.0 Å². The molecule has 0 saturated carbocycles. The number of halogens is 1. The van der Waals surface area contributed by atoms with Crippen LogP contribution in [0.3, 0.4) is 0 Å². The monoisotopic (exact) mass is 374 g/mol. The Morgan fingerprint density at radius 3 is 2.42 bits per heavy atom. The third kappa shape index (κ3) is 5.77. The van der Waals surface area contributed by atoms with E-state index < -0.39 is 0 Å². The SMILES string of the molecule is CC(C)c1ccccc1OCC(=O)N(C)CC(=O)Nc1ccc(Cl)cc1. The molecule has 5 nitrogen and oxygen atoms in total. The fourth-order valence-electron chi connectivity index (χ4n) is 2.38. The molecule has 0 saturated heterocycles. The molecule has 138 valence electrons. The lowest BCUT2D eigenvalue weighted by molar-refractivity contribution is -0.135. The quantitative estimate of drug-likeness (QED) is 0.798. The van der Waals surface area contributed by atoms with Gasteiger partial charge in [0.15, 0.2) is 6.61 Å². The molecule has 2 rings (SSSR count). The summed E-state index contributed by atoms with van der Waals surface area (Å²) in [5.41, 5.74) is 1.67. The predicted octanol–water partition coefficient (Wildman–Crippen LogP) is 3.94. The third-order valence-corrected chi connectivity index (χ3v) is 4.08. The number of anilines is 1. The van der Waals surface area contributed by atoms with E-state index in [2.05, 4.69) is 19.2 Å². The van der Waals surface area contributed by atoms with Crippen LogP contribution in [0, 0.1) is 0 Å². The van der Waals surface area contributed by atoms with Gasteiger partial charge in [0.2, 0.25) is 5.91 Å². The maximum atomic E-state index is 12.2. The molecule has 0 aliphatic heterocycles. The van der Waals surface area contributed by atoms with Crippen LogP contribution in [0.5, 0.6) is 5.75 Å². The molecule has 0 bridgehead atoms. The number of carbonyl (C=O) groups excluding carboxylic acids is 2. The van der Waals surface area contributed by atoms with E-state index in [1.165, 1.54) is 4.90 Å². The van der Waals surface area contributed by atoms with Gasteiger partial charge in [-0.05, 0) is 41.8 Å². The summed E-state index contributed by atoms with van der Waals surface area (Å²) in [6, 6.07) is 14.4. The van der Waals surface area contributed by atoms with Gasteiger partial charge in [-0.2, -0.15) is 0 Å². The number of benzene rings is 2. The second kappa shape index (κ2) is 9.25. The van der Waals surface area contributed by atoms with Gasteiger partial charge in [0.1, 0.15) is 5.75 Å². The molecule has 0 radical (unpaired) electrons. The van der Waals surface area contributed by atoms with Crippen molar-refractivity contribution in [1.29, 1.82) is 0 Å². The van der Waals surface area contributed by atoms with E-state index in [1.807, 2.05) is 24.3 Å². The molecule has 0 atom stereocenters. The van der Waals surface area contributed by atoms with Crippen molar-refractivity contribution in [3.05, 3.63) is 59.1 Å². The lowest BCUT2D eigenvalue weighted by Crippen LogP contribution is -2.37. The standard InChI is InChI=1S/C20H23ClN2O3/c1-14(2)17-6-4-5-7-18(17)26-13-20(25)23(3)12-19(24)22-16-10-8-15(21)9-11-16/h4-11,14H,12-13H2,1-3H3,(H,22,24). The van der Waals surface area contributed by atoms with E-state index in [0.29, 0.717) is 22.4 Å². The zero-order valence-electron chi connectivity index (χ0n) is 15.2. The van der Waals surface area contributed by atoms with Gasteiger partial charge in [-0.25, -0.2) is 0 Å². The normalized spacial score (nSPS) is 10.5. The molecule has 0 fully saturated rings. The Morgan fingerprint density at radius 1 is 1.12 bits per heavy atom. The molecule has 2 aromatic carbocycles. The van der Waals surface area contributed by atoms with E-state index in [0.717, 1.165) is 5.56 Å². The van der Waals surface area contributed by atoms with E-state index >= 15 is 0 Å². The molecule has 0 heterocycles. The number of ether oxygens (including phenoxy) is 1. The average Bonchev–Trinajstić information content (AvgIpc) is 2.61. The number of carbonyl (C=O) groups is 2. The molecule has 0 aliphatic carbocycles. The summed E-state index contributed by atoms with van der Waals surface area (Å²) in [4.78, 5) is 25.6. The van der Waals surface area contributed by atoms with E-state index in [9.17, 15) is 9.59 Å². The third-order valence-electron chi connectivity index (χ3n) is 3.83. The highest BCUT2D eigenvalue weighted by Gasteiger charge is 2.15. The van der Waals surface area contributed by atoms with Crippen molar-refractivity contribution in [3.63, 3.8) is 0 Å².